The molecular formula is C26H33N3O3. The van der Waals surface area contributed by atoms with Gasteiger partial charge in [0.2, 0.25) is 5.91 Å². The second-order valence-electron chi connectivity index (χ2n) is 9.01. The molecule has 0 aliphatic carbocycles. The number of carbonyl (C=O) groups is 2. The summed E-state index contributed by atoms with van der Waals surface area (Å²) in [5, 5.41) is 2.69. The molecule has 2 heterocycles. The van der Waals surface area contributed by atoms with Crippen molar-refractivity contribution in [3.63, 3.8) is 0 Å². The summed E-state index contributed by atoms with van der Waals surface area (Å²) < 4.78 is 5.64. The first-order valence-electron chi connectivity index (χ1n) is 11.4. The van der Waals surface area contributed by atoms with E-state index < -0.39 is 5.41 Å². The number of aryl methyl sites for hydroxylation is 1. The van der Waals surface area contributed by atoms with Gasteiger partial charge in [0, 0.05) is 45.5 Å². The van der Waals surface area contributed by atoms with E-state index in [4.69, 9.17) is 4.74 Å². The molecule has 0 bridgehead atoms. The van der Waals surface area contributed by atoms with Crippen LogP contribution in [0.1, 0.15) is 45.9 Å². The van der Waals surface area contributed by atoms with Gasteiger partial charge in [-0.15, -0.1) is 0 Å². The third kappa shape index (κ3) is 4.30. The summed E-state index contributed by atoms with van der Waals surface area (Å²) in [6.45, 7) is 5.38. The maximum atomic E-state index is 14.1. The monoisotopic (exact) mass is 435 g/mol. The van der Waals surface area contributed by atoms with Crippen molar-refractivity contribution in [1.29, 1.82) is 0 Å². The van der Waals surface area contributed by atoms with Crippen LogP contribution in [0.5, 0.6) is 0 Å². The van der Waals surface area contributed by atoms with Gasteiger partial charge in [-0.25, -0.2) is 0 Å². The summed E-state index contributed by atoms with van der Waals surface area (Å²) in [5.41, 5.74) is 3.45. The minimum atomic E-state index is -0.531. The Hall–Kier alpha value is -2.70. The molecule has 2 saturated heterocycles. The minimum absolute atomic E-state index is 0.0483. The van der Waals surface area contributed by atoms with E-state index in [0.29, 0.717) is 44.7 Å². The molecule has 2 aliphatic rings. The molecule has 0 saturated carbocycles. The molecule has 170 valence electrons. The number of nitrogens with zero attached hydrogens (tertiary/aromatic N) is 2. The van der Waals surface area contributed by atoms with E-state index in [1.807, 2.05) is 29.2 Å². The Morgan fingerprint density at radius 3 is 2.47 bits per heavy atom. The number of amides is 2. The van der Waals surface area contributed by atoms with Crippen LogP contribution < -0.4 is 5.32 Å². The van der Waals surface area contributed by atoms with Gasteiger partial charge in [-0.3, -0.25) is 14.5 Å². The molecule has 4 rings (SSSR count). The fourth-order valence-corrected chi connectivity index (χ4v) is 4.97. The number of piperazine rings is 1. The molecule has 0 unspecified atom stereocenters. The number of rotatable bonds is 4. The van der Waals surface area contributed by atoms with Gasteiger partial charge in [0.1, 0.15) is 0 Å². The first-order valence-corrected chi connectivity index (χ1v) is 11.4. The Morgan fingerprint density at radius 1 is 1.06 bits per heavy atom. The van der Waals surface area contributed by atoms with Crippen molar-refractivity contribution in [3.05, 3.63) is 70.8 Å². The van der Waals surface area contributed by atoms with Crippen LogP contribution in [-0.2, 0) is 14.9 Å². The van der Waals surface area contributed by atoms with Gasteiger partial charge in [-0.05, 0) is 50.1 Å². The van der Waals surface area contributed by atoms with E-state index in [9.17, 15) is 9.59 Å². The average molecular weight is 436 g/mol. The van der Waals surface area contributed by atoms with E-state index in [1.54, 1.807) is 7.05 Å². The highest BCUT2D eigenvalue weighted by molar-refractivity contribution is 5.94. The van der Waals surface area contributed by atoms with Crippen LogP contribution in [0.15, 0.2) is 48.5 Å². The molecule has 0 aromatic heterocycles. The van der Waals surface area contributed by atoms with E-state index in [1.165, 1.54) is 5.56 Å². The summed E-state index contributed by atoms with van der Waals surface area (Å²) >= 11 is 0. The summed E-state index contributed by atoms with van der Waals surface area (Å²) in [4.78, 5) is 30.5. The van der Waals surface area contributed by atoms with Crippen LogP contribution in [0, 0.1) is 6.92 Å². The topological polar surface area (TPSA) is 61.9 Å². The lowest BCUT2D eigenvalue weighted by molar-refractivity contribution is -0.144. The van der Waals surface area contributed by atoms with Crippen LogP contribution >= 0.6 is 0 Å². The largest absolute Gasteiger partial charge is 0.381 e. The highest BCUT2D eigenvalue weighted by atomic mass is 16.5. The van der Waals surface area contributed by atoms with Crippen LogP contribution in [0.3, 0.4) is 0 Å². The molecular weight excluding hydrogens is 402 g/mol. The molecule has 1 atom stereocenters. The number of ether oxygens (including phenoxy) is 1. The number of carbonyl (C=O) groups excluding carboxylic acids is 2. The van der Waals surface area contributed by atoms with E-state index in [2.05, 4.69) is 48.5 Å². The first-order chi connectivity index (χ1) is 15.4. The van der Waals surface area contributed by atoms with Crippen molar-refractivity contribution >= 4 is 11.8 Å². The summed E-state index contributed by atoms with van der Waals surface area (Å²) in [6.07, 6.45) is 1.41. The van der Waals surface area contributed by atoms with Crippen molar-refractivity contribution in [2.24, 2.45) is 0 Å². The Kier molecular flexibility index (Phi) is 6.63. The highest BCUT2D eigenvalue weighted by Crippen LogP contribution is 2.38. The zero-order valence-corrected chi connectivity index (χ0v) is 19.3. The molecule has 2 aliphatic heterocycles. The van der Waals surface area contributed by atoms with Gasteiger partial charge < -0.3 is 15.0 Å². The molecule has 1 N–H and O–H groups in total. The summed E-state index contributed by atoms with van der Waals surface area (Å²) in [6, 6.07) is 16.2. The maximum absolute atomic E-state index is 14.1. The zero-order chi connectivity index (χ0) is 22.7. The van der Waals surface area contributed by atoms with Gasteiger partial charge in [0.25, 0.3) is 5.91 Å². The van der Waals surface area contributed by atoms with Crippen LogP contribution in [0.2, 0.25) is 0 Å². The average Bonchev–Trinajstić information content (AvgIpc) is 2.84. The molecule has 32 heavy (non-hydrogen) atoms. The van der Waals surface area contributed by atoms with E-state index in [-0.39, 0.29) is 17.9 Å². The van der Waals surface area contributed by atoms with Gasteiger partial charge >= 0.3 is 0 Å². The molecule has 0 radical (unpaired) electrons. The number of nitrogens with one attached hydrogen (secondary N) is 1. The summed E-state index contributed by atoms with van der Waals surface area (Å²) in [5.74, 6) is 0.101. The third-order valence-corrected chi connectivity index (χ3v) is 7.06. The van der Waals surface area contributed by atoms with E-state index >= 15 is 0 Å². The van der Waals surface area contributed by atoms with Gasteiger partial charge in [0.15, 0.2) is 0 Å². The lowest BCUT2D eigenvalue weighted by atomic mass is 9.72. The minimum Gasteiger partial charge on any atom is -0.381 e. The lowest BCUT2D eigenvalue weighted by Crippen LogP contribution is -2.56. The number of hydrogen-bond donors (Lipinski definition) is 1. The number of benzene rings is 2. The predicted octanol–water partition coefficient (Wildman–Crippen LogP) is 2.92. The van der Waals surface area contributed by atoms with Crippen molar-refractivity contribution in [2.75, 3.05) is 46.9 Å². The number of likely N-dealkylation sites (N-methyl/N-ethyl adjacent to an activating group) is 1. The summed E-state index contributed by atoms with van der Waals surface area (Å²) in [7, 11) is 3.73. The predicted molar refractivity (Wildman–Crippen MR) is 125 cm³/mol. The molecule has 2 aromatic carbocycles. The first kappa shape index (κ1) is 22.5. The molecule has 0 spiro atoms. The van der Waals surface area contributed by atoms with Crippen LogP contribution in [-0.4, -0.2) is 68.6 Å². The van der Waals surface area contributed by atoms with Crippen LogP contribution in [0.4, 0.5) is 0 Å². The quantitative estimate of drug-likeness (QED) is 0.802. The van der Waals surface area contributed by atoms with Gasteiger partial charge in [-0.2, -0.15) is 0 Å². The third-order valence-electron chi connectivity index (χ3n) is 7.06. The SMILES string of the molecule is CNC(=O)c1cccc([C@H]2CN(C(=O)C3(c4ccc(C)cc4)CCOCC3)CCN2C)c1. The standard InChI is InChI=1S/C26H33N3O3/c1-19-7-9-22(10-8-19)26(11-15-32-16-12-26)25(31)29-14-13-28(3)23(18-29)20-5-4-6-21(17-20)24(30)27-2/h4-10,17,23H,11-16,18H2,1-3H3,(H,27,30)/t23-/m1/s1. The Bertz CT molecular complexity index is 967. The molecule has 2 fully saturated rings. The van der Waals surface area contributed by atoms with Gasteiger partial charge in [0.05, 0.1) is 11.5 Å². The molecule has 6 heteroatoms. The lowest BCUT2D eigenvalue weighted by Gasteiger charge is -2.45. The Morgan fingerprint density at radius 2 is 1.78 bits per heavy atom. The maximum Gasteiger partial charge on any atom is 0.251 e. The second-order valence-corrected chi connectivity index (χ2v) is 9.01. The molecule has 2 aromatic rings. The normalized spacial score (nSPS) is 21.2. The molecule has 2 amide bonds. The van der Waals surface area contributed by atoms with Gasteiger partial charge in [-0.1, -0.05) is 42.0 Å². The highest BCUT2D eigenvalue weighted by Gasteiger charge is 2.45. The molecule has 6 nitrogen and oxygen atoms in total. The van der Waals surface area contributed by atoms with Crippen molar-refractivity contribution in [3.8, 4) is 0 Å². The Labute approximate surface area is 190 Å². The Balaban J connectivity index is 1.62. The fraction of sp³-hybridized carbons (Fsp3) is 0.462. The number of hydrogen-bond acceptors (Lipinski definition) is 4. The van der Waals surface area contributed by atoms with Crippen molar-refractivity contribution in [2.45, 2.75) is 31.2 Å². The fourth-order valence-electron chi connectivity index (χ4n) is 4.97. The van der Waals surface area contributed by atoms with E-state index in [0.717, 1.165) is 17.7 Å². The van der Waals surface area contributed by atoms with Crippen molar-refractivity contribution < 1.29 is 14.3 Å². The zero-order valence-electron chi connectivity index (χ0n) is 19.3. The van der Waals surface area contributed by atoms with Crippen molar-refractivity contribution in [1.82, 2.24) is 15.1 Å². The smallest absolute Gasteiger partial charge is 0.251 e. The second kappa shape index (κ2) is 9.43. The van der Waals surface area contributed by atoms with Crippen LogP contribution in [0.25, 0.3) is 0 Å².